The molecule has 0 aromatic heterocycles. The Bertz CT molecular complexity index is 528. The van der Waals surface area contributed by atoms with Gasteiger partial charge in [0.25, 0.3) is 0 Å². The highest BCUT2D eigenvalue weighted by Crippen LogP contribution is 2.17. The molecule has 19 heavy (non-hydrogen) atoms. The van der Waals surface area contributed by atoms with Gasteiger partial charge in [0.15, 0.2) is 0 Å². The first-order valence-corrected chi connectivity index (χ1v) is 6.87. The van der Waals surface area contributed by atoms with E-state index in [0.29, 0.717) is 19.5 Å². The Hall–Kier alpha value is -1.62. The van der Waals surface area contributed by atoms with E-state index in [1.807, 2.05) is 24.3 Å². The molecule has 0 aliphatic carbocycles. The van der Waals surface area contributed by atoms with Crippen LogP contribution in [-0.4, -0.2) is 29.8 Å². The molecule has 1 unspecified atom stereocenters. The maximum atomic E-state index is 11.9. The average Bonchev–Trinajstić information content (AvgIpc) is 2.86. The van der Waals surface area contributed by atoms with Crippen molar-refractivity contribution in [3.63, 3.8) is 0 Å². The molecule has 0 saturated carbocycles. The van der Waals surface area contributed by atoms with Crippen LogP contribution >= 0.6 is 15.9 Å². The van der Waals surface area contributed by atoms with E-state index in [0.717, 1.165) is 10.0 Å². The molecule has 1 aliphatic heterocycles. The molecule has 1 aliphatic rings. The van der Waals surface area contributed by atoms with Gasteiger partial charge < -0.3 is 10.6 Å². The average molecular weight is 323 g/mol. The normalized spacial score (nSPS) is 19.0. The smallest absolute Gasteiger partial charge is 0.246 e. The van der Waals surface area contributed by atoms with Crippen molar-refractivity contribution < 1.29 is 9.59 Å². The molecule has 0 spiro atoms. The van der Waals surface area contributed by atoms with E-state index in [9.17, 15) is 9.59 Å². The second-order valence-electron chi connectivity index (χ2n) is 4.56. The number of carbonyl (C=O) groups excluding carboxylic acids is 2. The number of benzene rings is 1. The van der Waals surface area contributed by atoms with Crippen molar-refractivity contribution in [1.29, 1.82) is 0 Å². The van der Waals surface area contributed by atoms with Gasteiger partial charge >= 0.3 is 0 Å². The van der Waals surface area contributed by atoms with Gasteiger partial charge in [-0.1, -0.05) is 28.1 Å². The first-order chi connectivity index (χ1) is 9.06. The third-order valence-corrected chi connectivity index (χ3v) is 3.66. The van der Waals surface area contributed by atoms with Crippen molar-refractivity contribution in [2.45, 2.75) is 6.42 Å². The van der Waals surface area contributed by atoms with Gasteiger partial charge in [-0.3, -0.25) is 9.59 Å². The standard InChI is InChI=1S/C14H15BrN2O2/c15-12-3-1-2-10(8-12)4-5-13(18)17-7-6-11(9-17)14(16)19/h1-5,8,11H,6-7,9H2,(H2,16,19). The zero-order valence-electron chi connectivity index (χ0n) is 10.4. The number of amides is 2. The quantitative estimate of drug-likeness (QED) is 0.862. The van der Waals surface area contributed by atoms with E-state index >= 15 is 0 Å². The molecular formula is C14H15BrN2O2. The van der Waals surface area contributed by atoms with Crippen molar-refractivity contribution in [2.75, 3.05) is 13.1 Å². The largest absolute Gasteiger partial charge is 0.369 e. The monoisotopic (exact) mass is 322 g/mol. The topological polar surface area (TPSA) is 63.4 Å². The number of halogens is 1. The maximum Gasteiger partial charge on any atom is 0.246 e. The summed E-state index contributed by atoms with van der Waals surface area (Å²) in [5.41, 5.74) is 6.19. The molecule has 2 amide bonds. The summed E-state index contributed by atoms with van der Waals surface area (Å²) in [5.74, 6) is -0.613. The summed E-state index contributed by atoms with van der Waals surface area (Å²) >= 11 is 3.38. The van der Waals surface area contributed by atoms with Gasteiger partial charge in [0.1, 0.15) is 0 Å². The molecule has 1 atom stereocenters. The van der Waals surface area contributed by atoms with Crippen molar-refractivity contribution in [3.8, 4) is 0 Å². The summed E-state index contributed by atoms with van der Waals surface area (Å²) in [4.78, 5) is 24.7. The van der Waals surface area contributed by atoms with Crippen LogP contribution in [0.5, 0.6) is 0 Å². The molecule has 0 bridgehead atoms. The van der Waals surface area contributed by atoms with Crippen LogP contribution in [0.25, 0.3) is 6.08 Å². The molecule has 0 radical (unpaired) electrons. The predicted octanol–water partition coefficient (Wildman–Crippen LogP) is 1.80. The van der Waals surface area contributed by atoms with E-state index in [1.165, 1.54) is 6.08 Å². The predicted molar refractivity (Wildman–Crippen MR) is 77.1 cm³/mol. The van der Waals surface area contributed by atoms with Crippen LogP contribution < -0.4 is 5.73 Å². The van der Waals surface area contributed by atoms with Crippen LogP contribution in [0.1, 0.15) is 12.0 Å². The second kappa shape index (κ2) is 6.02. The Kier molecular flexibility index (Phi) is 4.37. The Labute approximate surface area is 120 Å². The summed E-state index contributed by atoms with van der Waals surface area (Å²) in [5, 5.41) is 0. The van der Waals surface area contributed by atoms with Crippen molar-refractivity contribution in [3.05, 3.63) is 40.4 Å². The van der Waals surface area contributed by atoms with E-state index in [2.05, 4.69) is 15.9 Å². The second-order valence-corrected chi connectivity index (χ2v) is 5.48. The fourth-order valence-corrected chi connectivity index (χ4v) is 2.49. The molecule has 1 saturated heterocycles. The number of hydrogen-bond donors (Lipinski definition) is 1. The lowest BCUT2D eigenvalue weighted by Gasteiger charge is -2.13. The molecule has 100 valence electrons. The summed E-state index contributed by atoms with van der Waals surface area (Å²) in [6, 6.07) is 7.69. The number of primary amides is 1. The summed E-state index contributed by atoms with van der Waals surface area (Å²) in [6.45, 7) is 1.02. The first-order valence-electron chi connectivity index (χ1n) is 6.08. The summed E-state index contributed by atoms with van der Waals surface area (Å²) in [7, 11) is 0. The molecular weight excluding hydrogens is 308 g/mol. The lowest BCUT2D eigenvalue weighted by Crippen LogP contribution is -2.30. The molecule has 4 nitrogen and oxygen atoms in total. The third-order valence-electron chi connectivity index (χ3n) is 3.17. The highest BCUT2D eigenvalue weighted by molar-refractivity contribution is 9.10. The Morgan fingerprint density at radius 1 is 1.42 bits per heavy atom. The van der Waals surface area contributed by atoms with E-state index in [1.54, 1.807) is 11.0 Å². The van der Waals surface area contributed by atoms with Crippen LogP contribution in [0.3, 0.4) is 0 Å². The number of rotatable bonds is 3. The van der Waals surface area contributed by atoms with Gasteiger partial charge in [-0.2, -0.15) is 0 Å². The van der Waals surface area contributed by atoms with Crippen LogP contribution in [-0.2, 0) is 9.59 Å². The summed E-state index contributed by atoms with van der Waals surface area (Å²) in [6.07, 6.45) is 3.96. The van der Waals surface area contributed by atoms with Crippen LogP contribution in [0.4, 0.5) is 0 Å². The van der Waals surface area contributed by atoms with E-state index in [4.69, 9.17) is 5.73 Å². The van der Waals surface area contributed by atoms with E-state index < -0.39 is 0 Å². The minimum absolute atomic E-state index is 0.0799. The van der Waals surface area contributed by atoms with Gasteiger partial charge in [0, 0.05) is 23.6 Å². The number of likely N-dealkylation sites (tertiary alicyclic amines) is 1. The van der Waals surface area contributed by atoms with Gasteiger partial charge in [-0.05, 0) is 30.2 Å². The fourth-order valence-electron chi connectivity index (χ4n) is 2.08. The Morgan fingerprint density at radius 3 is 2.84 bits per heavy atom. The molecule has 1 fully saturated rings. The Morgan fingerprint density at radius 2 is 2.21 bits per heavy atom. The number of nitrogens with zero attached hydrogens (tertiary/aromatic N) is 1. The lowest BCUT2D eigenvalue weighted by atomic mass is 10.1. The molecule has 5 heteroatoms. The molecule has 1 aromatic rings. The number of carbonyl (C=O) groups is 2. The minimum atomic E-state index is -0.328. The minimum Gasteiger partial charge on any atom is -0.369 e. The van der Waals surface area contributed by atoms with Crippen LogP contribution in [0.15, 0.2) is 34.8 Å². The lowest BCUT2D eigenvalue weighted by molar-refractivity contribution is -0.125. The zero-order valence-corrected chi connectivity index (χ0v) is 12.0. The highest BCUT2D eigenvalue weighted by Gasteiger charge is 2.28. The number of hydrogen-bond acceptors (Lipinski definition) is 2. The van der Waals surface area contributed by atoms with Crippen LogP contribution in [0.2, 0.25) is 0 Å². The van der Waals surface area contributed by atoms with Gasteiger partial charge in [-0.15, -0.1) is 0 Å². The third kappa shape index (κ3) is 3.67. The van der Waals surface area contributed by atoms with Gasteiger partial charge in [0.05, 0.1) is 5.92 Å². The van der Waals surface area contributed by atoms with Crippen molar-refractivity contribution in [2.24, 2.45) is 11.7 Å². The Balaban J connectivity index is 1.96. The summed E-state index contributed by atoms with van der Waals surface area (Å²) < 4.78 is 0.970. The molecule has 2 N–H and O–H groups in total. The van der Waals surface area contributed by atoms with Gasteiger partial charge in [-0.25, -0.2) is 0 Å². The number of nitrogens with two attached hydrogens (primary N) is 1. The highest BCUT2D eigenvalue weighted by atomic mass is 79.9. The SMILES string of the molecule is NC(=O)C1CCN(C(=O)C=Cc2cccc(Br)c2)C1. The molecule has 2 rings (SSSR count). The van der Waals surface area contributed by atoms with Gasteiger partial charge in [0.2, 0.25) is 11.8 Å². The maximum absolute atomic E-state index is 11.9. The zero-order chi connectivity index (χ0) is 13.8. The fraction of sp³-hybridized carbons (Fsp3) is 0.286. The molecule has 1 aromatic carbocycles. The molecule has 1 heterocycles. The van der Waals surface area contributed by atoms with Crippen molar-refractivity contribution >= 4 is 33.8 Å². The van der Waals surface area contributed by atoms with E-state index in [-0.39, 0.29) is 17.7 Å². The first kappa shape index (κ1) is 13.8. The van der Waals surface area contributed by atoms with Crippen LogP contribution in [0, 0.1) is 5.92 Å². The van der Waals surface area contributed by atoms with Crippen molar-refractivity contribution in [1.82, 2.24) is 4.90 Å².